The molecule has 0 radical (unpaired) electrons. The minimum atomic E-state index is -5.07. The Hall–Kier alpha value is -2.89. The molecule has 0 atom stereocenters. The monoisotopic (exact) mass is 433 g/mol. The van der Waals surface area contributed by atoms with Crippen LogP contribution < -0.4 is 11.1 Å². The van der Waals surface area contributed by atoms with E-state index in [1.54, 1.807) is 6.92 Å². The minimum Gasteiger partial charge on any atom is -0.405 e. The van der Waals surface area contributed by atoms with E-state index < -0.39 is 34.6 Å². The molecular weight excluding hydrogens is 416 g/mol. The number of aromatic nitrogens is 3. The molecule has 0 amide bonds. The number of hydrogen-bond donors (Lipinski definition) is 3. The molecule has 4 N–H and O–H groups in total. The highest BCUT2D eigenvalue weighted by atomic mass is 19.4. The molecule has 12 heteroatoms. The van der Waals surface area contributed by atoms with Crippen molar-refractivity contribution in [3.63, 3.8) is 0 Å². The first-order valence-electron chi connectivity index (χ1n) is 8.71. The number of alkyl halides is 6. The second kappa shape index (κ2) is 7.42. The van der Waals surface area contributed by atoms with Crippen molar-refractivity contribution in [3.8, 4) is 11.3 Å². The van der Waals surface area contributed by atoms with Gasteiger partial charge in [-0.3, -0.25) is 0 Å². The van der Waals surface area contributed by atoms with Gasteiger partial charge in [0.15, 0.2) is 0 Å². The van der Waals surface area contributed by atoms with Crippen LogP contribution in [-0.4, -0.2) is 31.9 Å². The van der Waals surface area contributed by atoms with Crippen LogP contribution in [0.15, 0.2) is 24.4 Å². The summed E-state index contributed by atoms with van der Waals surface area (Å²) in [5, 5.41) is 20.2. The van der Waals surface area contributed by atoms with Gasteiger partial charge in [0.1, 0.15) is 5.69 Å². The smallest absolute Gasteiger partial charge is 0.405 e. The average Bonchev–Trinajstić information content (AvgIpc) is 2.59. The number of halogens is 6. The lowest BCUT2D eigenvalue weighted by molar-refractivity contribution is -0.142. The maximum Gasteiger partial charge on any atom is 0.417 e. The van der Waals surface area contributed by atoms with E-state index in [-0.39, 0.29) is 29.4 Å². The largest absolute Gasteiger partial charge is 0.417 e. The van der Waals surface area contributed by atoms with Crippen LogP contribution >= 0.6 is 0 Å². The molecular formula is C18H17F6N5O. The molecule has 3 rings (SSSR count). The lowest BCUT2D eigenvalue weighted by atomic mass is 9.77. The number of benzene rings is 1. The van der Waals surface area contributed by atoms with Gasteiger partial charge in [0.2, 0.25) is 5.95 Å². The lowest BCUT2D eigenvalue weighted by Gasteiger charge is -2.41. The Balaban J connectivity index is 2.04. The number of rotatable bonds is 4. The average molecular weight is 433 g/mol. The summed E-state index contributed by atoms with van der Waals surface area (Å²) in [4.78, 5) is 4.08. The van der Waals surface area contributed by atoms with Crippen LogP contribution in [0.3, 0.4) is 0 Å². The molecule has 162 valence electrons. The second-order valence-corrected chi connectivity index (χ2v) is 7.23. The number of aliphatic hydroxyl groups is 1. The lowest BCUT2D eigenvalue weighted by Crippen LogP contribution is -2.48. The van der Waals surface area contributed by atoms with Gasteiger partial charge in [0.05, 0.1) is 22.4 Å². The van der Waals surface area contributed by atoms with Crippen LogP contribution in [0.1, 0.15) is 36.6 Å². The van der Waals surface area contributed by atoms with E-state index in [2.05, 4.69) is 20.5 Å². The third kappa shape index (κ3) is 4.64. The molecule has 1 aromatic heterocycles. The van der Waals surface area contributed by atoms with Gasteiger partial charge in [-0.25, -0.2) is 4.98 Å². The summed E-state index contributed by atoms with van der Waals surface area (Å²) in [6.07, 6.45) is -7.00. The topological polar surface area (TPSA) is 97.0 Å². The van der Waals surface area contributed by atoms with E-state index in [1.165, 1.54) is 6.08 Å². The van der Waals surface area contributed by atoms with E-state index >= 15 is 0 Å². The van der Waals surface area contributed by atoms with Crippen molar-refractivity contribution in [2.75, 3.05) is 5.32 Å². The zero-order chi connectivity index (χ0) is 22.3. The molecule has 1 aliphatic rings. The maximum absolute atomic E-state index is 13.5. The molecule has 1 aliphatic carbocycles. The molecule has 1 saturated carbocycles. The Labute approximate surface area is 166 Å². The van der Waals surface area contributed by atoms with Crippen LogP contribution in [0.5, 0.6) is 0 Å². The third-order valence-electron chi connectivity index (χ3n) is 4.58. The Kier molecular flexibility index (Phi) is 5.39. The molecule has 0 saturated heterocycles. The first-order chi connectivity index (χ1) is 13.8. The van der Waals surface area contributed by atoms with Crippen molar-refractivity contribution in [2.45, 2.75) is 43.8 Å². The predicted molar refractivity (Wildman–Crippen MR) is 95.8 cm³/mol. The van der Waals surface area contributed by atoms with Gasteiger partial charge in [-0.1, -0.05) is 6.07 Å². The van der Waals surface area contributed by atoms with Crippen molar-refractivity contribution < 1.29 is 31.4 Å². The second-order valence-electron chi connectivity index (χ2n) is 7.23. The van der Waals surface area contributed by atoms with E-state index in [0.29, 0.717) is 25.0 Å². The van der Waals surface area contributed by atoms with Crippen molar-refractivity contribution in [3.05, 3.63) is 41.2 Å². The van der Waals surface area contributed by atoms with Crippen LogP contribution in [0.2, 0.25) is 0 Å². The highest BCUT2D eigenvalue weighted by molar-refractivity contribution is 5.73. The summed E-state index contributed by atoms with van der Waals surface area (Å²) in [6.45, 7) is 1.65. The van der Waals surface area contributed by atoms with Crippen molar-refractivity contribution >= 4 is 12.0 Å². The molecule has 1 aromatic carbocycles. The Morgan fingerprint density at radius 3 is 2.33 bits per heavy atom. The van der Waals surface area contributed by atoms with Crippen LogP contribution in [0, 0.1) is 0 Å². The van der Waals surface area contributed by atoms with Gasteiger partial charge in [-0.2, -0.15) is 26.3 Å². The number of hydrogen-bond acceptors (Lipinski definition) is 6. The third-order valence-corrected chi connectivity index (χ3v) is 4.58. The first kappa shape index (κ1) is 21.8. The van der Waals surface area contributed by atoms with E-state index in [9.17, 15) is 31.4 Å². The number of nitrogens with two attached hydrogens (primary N) is 1. The highest BCUT2D eigenvalue weighted by Crippen LogP contribution is 2.41. The van der Waals surface area contributed by atoms with Gasteiger partial charge in [-0.05, 0) is 44.2 Å². The standard InChI is InChI=1S/C18H17F6N5O/c1-16(30)7-10(8-16)26-15-27-13(4-5-25)14(28-29-15)11-3-2-9(17(19,20)21)6-12(11)18(22,23)24/h2-6,10,30H,7-8,25H2,1H3,(H,26,27,29)/b5-4-. The first-order valence-corrected chi connectivity index (χ1v) is 8.71. The van der Waals surface area contributed by atoms with Crippen molar-refractivity contribution in [2.24, 2.45) is 5.73 Å². The summed E-state index contributed by atoms with van der Waals surface area (Å²) in [6, 6.07) is 1.08. The number of nitrogens with one attached hydrogen (secondary N) is 1. The Bertz CT molecular complexity index is 963. The summed E-state index contributed by atoms with van der Waals surface area (Å²) >= 11 is 0. The molecule has 0 spiro atoms. The van der Waals surface area contributed by atoms with Crippen LogP contribution in [0.4, 0.5) is 32.3 Å². The van der Waals surface area contributed by atoms with Crippen molar-refractivity contribution in [1.29, 1.82) is 0 Å². The summed E-state index contributed by atoms with van der Waals surface area (Å²) in [7, 11) is 0. The molecule has 2 aromatic rings. The minimum absolute atomic E-state index is 0.00665. The van der Waals surface area contributed by atoms with Gasteiger partial charge in [-0.15, -0.1) is 10.2 Å². The molecule has 1 fully saturated rings. The molecule has 0 unspecified atom stereocenters. The fraction of sp³-hybridized carbons (Fsp3) is 0.389. The highest BCUT2D eigenvalue weighted by Gasteiger charge is 2.40. The predicted octanol–water partition coefficient (Wildman–Crippen LogP) is 3.83. The van der Waals surface area contributed by atoms with Gasteiger partial charge < -0.3 is 16.2 Å². The zero-order valence-electron chi connectivity index (χ0n) is 15.5. The summed E-state index contributed by atoms with van der Waals surface area (Å²) in [5.74, 6) is -0.00665. The summed E-state index contributed by atoms with van der Waals surface area (Å²) < 4.78 is 79.1. The molecule has 1 heterocycles. The molecule has 6 nitrogen and oxygen atoms in total. The van der Waals surface area contributed by atoms with Crippen LogP contribution in [0.25, 0.3) is 17.3 Å². The quantitative estimate of drug-likeness (QED) is 0.635. The van der Waals surface area contributed by atoms with Gasteiger partial charge in [0.25, 0.3) is 0 Å². The molecule has 30 heavy (non-hydrogen) atoms. The van der Waals surface area contributed by atoms with Crippen LogP contribution in [-0.2, 0) is 12.4 Å². The maximum atomic E-state index is 13.5. The SMILES string of the molecule is CC1(O)CC(Nc2nnc(-c3ccc(C(F)(F)F)cc3C(F)(F)F)c(/C=C\N)n2)C1. The van der Waals surface area contributed by atoms with Crippen molar-refractivity contribution in [1.82, 2.24) is 15.2 Å². The van der Waals surface area contributed by atoms with Gasteiger partial charge >= 0.3 is 12.4 Å². The normalized spacial score (nSPS) is 22.2. The van der Waals surface area contributed by atoms with E-state index in [0.717, 1.165) is 6.20 Å². The fourth-order valence-electron chi connectivity index (χ4n) is 3.25. The fourth-order valence-corrected chi connectivity index (χ4v) is 3.25. The zero-order valence-corrected chi connectivity index (χ0v) is 15.5. The van der Waals surface area contributed by atoms with E-state index in [1.807, 2.05) is 0 Å². The number of anilines is 1. The molecule has 0 bridgehead atoms. The Morgan fingerprint density at radius 2 is 1.80 bits per heavy atom. The van der Waals surface area contributed by atoms with E-state index in [4.69, 9.17) is 5.73 Å². The van der Waals surface area contributed by atoms with Gasteiger partial charge in [0, 0.05) is 11.6 Å². The molecule has 0 aliphatic heterocycles. The number of nitrogens with zero attached hydrogens (tertiary/aromatic N) is 3. The summed E-state index contributed by atoms with van der Waals surface area (Å²) in [5.41, 5.74) is 0.474. The Morgan fingerprint density at radius 1 is 1.13 bits per heavy atom.